The molecule has 0 unspecified atom stereocenters. The highest BCUT2D eigenvalue weighted by atomic mass is 16.6. The number of ether oxygens (including phenoxy) is 1. The van der Waals surface area contributed by atoms with Crippen LogP contribution in [0.4, 0.5) is 23.0 Å². The van der Waals surface area contributed by atoms with E-state index in [1.165, 1.54) is 17.5 Å². The quantitative estimate of drug-likeness (QED) is 0.137. The molecule has 0 saturated carbocycles. The van der Waals surface area contributed by atoms with E-state index in [0.717, 1.165) is 31.7 Å². The zero-order valence-electron chi connectivity index (χ0n) is 22.6. The predicted octanol–water partition coefficient (Wildman–Crippen LogP) is 6.22. The van der Waals surface area contributed by atoms with Crippen LogP contribution in [0.2, 0.25) is 0 Å². The van der Waals surface area contributed by atoms with Crippen LogP contribution in [0.25, 0.3) is 0 Å². The van der Waals surface area contributed by atoms with Crippen molar-refractivity contribution in [1.29, 1.82) is 0 Å². The van der Waals surface area contributed by atoms with E-state index in [1.807, 2.05) is 41.3 Å². The van der Waals surface area contributed by atoms with Gasteiger partial charge in [-0.15, -0.1) is 0 Å². The van der Waals surface area contributed by atoms with E-state index in [4.69, 9.17) is 4.74 Å². The molecule has 206 valence electrons. The van der Waals surface area contributed by atoms with Crippen molar-refractivity contribution >= 4 is 23.0 Å². The van der Waals surface area contributed by atoms with Crippen LogP contribution in [0.5, 0.6) is 5.75 Å². The highest BCUT2D eigenvalue weighted by molar-refractivity contribution is 5.74. The molecule has 0 amide bonds. The topological polar surface area (TPSA) is 96.7 Å². The summed E-state index contributed by atoms with van der Waals surface area (Å²) in [6.07, 6.45) is 3.44. The van der Waals surface area contributed by atoms with E-state index in [-0.39, 0.29) is 17.5 Å². The van der Waals surface area contributed by atoms with Crippen molar-refractivity contribution in [2.45, 2.75) is 25.8 Å². The Labute approximate surface area is 234 Å². The van der Waals surface area contributed by atoms with E-state index >= 15 is 0 Å². The van der Waals surface area contributed by atoms with Gasteiger partial charge in [-0.1, -0.05) is 74.0 Å². The second-order valence-electron chi connectivity index (χ2n) is 9.75. The number of unbranched alkanes of at least 4 members (excludes halogenated alkanes) is 1. The van der Waals surface area contributed by atoms with Crippen LogP contribution in [0, 0.1) is 10.1 Å². The van der Waals surface area contributed by atoms with Gasteiger partial charge < -0.3 is 15.0 Å². The van der Waals surface area contributed by atoms with Crippen molar-refractivity contribution in [3.8, 4) is 5.75 Å². The van der Waals surface area contributed by atoms with E-state index in [9.17, 15) is 10.1 Å². The number of hydrogen-bond donors (Lipinski definition) is 1. The molecular formula is C31H34N6O3. The second kappa shape index (κ2) is 13.0. The fraction of sp³-hybridized carbons (Fsp3) is 0.290. The lowest BCUT2D eigenvalue weighted by Crippen LogP contribution is -2.48. The molecule has 9 heteroatoms. The minimum Gasteiger partial charge on any atom is -0.494 e. The van der Waals surface area contributed by atoms with Crippen molar-refractivity contribution in [3.63, 3.8) is 0 Å². The van der Waals surface area contributed by atoms with Gasteiger partial charge >= 0.3 is 5.69 Å². The minimum atomic E-state index is -0.400. The molecule has 0 bridgehead atoms. The first-order chi connectivity index (χ1) is 19.6. The molecule has 0 spiro atoms. The van der Waals surface area contributed by atoms with Crippen molar-refractivity contribution in [1.82, 2.24) is 14.9 Å². The van der Waals surface area contributed by atoms with Gasteiger partial charge in [0.15, 0.2) is 0 Å². The first-order valence-corrected chi connectivity index (χ1v) is 13.7. The summed E-state index contributed by atoms with van der Waals surface area (Å²) in [6, 6.07) is 28.4. The fourth-order valence-electron chi connectivity index (χ4n) is 5.04. The SMILES string of the molecule is CCCCOc1ccc(Nc2ncnc(N3CCN(C(c4ccccc4)c4ccccc4)CC3)c2[N+](=O)[O-])cc1. The summed E-state index contributed by atoms with van der Waals surface area (Å²) in [5.41, 5.74) is 3.02. The highest BCUT2D eigenvalue weighted by Crippen LogP contribution is 2.36. The smallest absolute Gasteiger partial charge is 0.353 e. The number of nitrogens with zero attached hydrogens (tertiary/aromatic N) is 5. The Morgan fingerprint density at radius 3 is 2.10 bits per heavy atom. The van der Waals surface area contributed by atoms with E-state index < -0.39 is 4.92 Å². The number of anilines is 3. The maximum absolute atomic E-state index is 12.2. The van der Waals surface area contributed by atoms with Crippen molar-refractivity contribution in [2.24, 2.45) is 0 Å². The van der Waals surface area contributed by atoms with Gasteiger partial charge in [0, 0.05) is 31.9 Å². The van der Waals surface area contributed by atoms with Crippen LogP contribution in [-0.2, 0) is 0 Å². The number of rotatable bonds is 11. The summed E-state index contributed by atoms with van der Waals surface area (Å²) in [5, 5.41) is 15.4. The molecule has 1 aromatic heterocycles. The lowest BCUT2D eigenvalue weighted by molar-refractivity contribution is -0.383. The molecule has 5 rings (SSSR count). The second-order valence-corrected chi connectivity index (χ2v) is 9.75. The van der Waals surface area contributed by atoms with Crippen LogP contribution in [0.3, 0.4) is 0 Å². The minimum absolute atomic E-state index is 0.107. The molecular weight excluding hydrogens is 504 g/mol. The summed E-state index contributed by atoms with van der Waals surface area (Å²) in [5.74, 6) is 1.26. The Morgan fingerprint density at radius 1 is 0.900 bits per heavy atom. The van der Waals surface area contributed by atoms with Crippen molar-refractivity contribution in [3.05, 3.63) is 112 Å². The molecule has 1 aliphatic rings. The molecule has 0 atom stereocenters. The van der Waals surface area contributed by atoms with E-state index in [0.29, 0.717) is 31.2 Å². The van der Waals surface area contributed by atoms with Crippen LogP contribution >= 0.6 is 0 Å². The van der Waals surface area contributed by atoms with Gasteiger partial charge in [0.05, 0.1) is 17.6 Å². The number of nitro groups is 1. The zero-order chi connectivity index (χ0) is 27.7. The molecule has 1 fully saturated rings. The number of piperazine rings is 1. The lowest BCUT2D eigenvalue weighted by Gasteiger charge is -2.40. The zero-order valence-corrected chi connectivity index (χ0v) is 22.6. The number of benzene rings is 3. The molecule has 0 aliphatic carbocycles. The standard InChI is InChI=1S/C31H34N6O3/c1-2-3-22-40-27-16-14-26(15-17-27)34-30-29(37(38)39)31(33-23-32-30)36-20-18-35(19-21-36)28(24-10-6-4-7-11-24)25-12-8-5-9-13-25/h4-17,23,28H,2-3,18-22H2,1H3,(H,32,33,34). The number of hydrogen-bond acceptors (Lipinski definition) is 8. The third-order valence-electron chi connectivity index (χ3n) is 7.08. The molecule has 3 aromatic carbocycles. The van der Waals surface area contributed by atoms with Gasteiger partial charge in [-0.25, -0.2) is 9.97 Å². The van der Waals surface area contributed by atoms with Gasteiger partial charge in [0.1, 0.15) is 12.1 Å². The Kier molecular flexibility index (Phi) is 8.83. The monoisotopic (exact) mass is 538 g/mol. The highest BCUT2D eigenvalue weighted by Gasteiger charge is 2.32. The van der Waals surface area contributed by atoms with Crippen LogP contribution in [0.1, 0.15) is 36.9 Å². The van der Waals surface area contributed by atoms with Gasteiger partial charge in [-0.05, 0) is 41.8 Å². The van der Waals surface area contributed by atoms with Crippen LogP contribution in [-0.4, -0.2) is 52.6 Å². The predicted molar refractivity (Wildman–Crippen MR) is 157 cm³/mol. The first kappa shape index (κ1) is 27.1. The van der Waals surface area contributed by atoms with Crippen LogP contribution < -0.4 is 15.0 Å². The largest absolute Gasteiger partial charge is 0.494 e. The average molecular weight is 539 g/mol. The normalized spacial score (nSPS) is 13.8. The van der Waals surface area contributed by atoms with Gasteiger partial charge in [0.2, 0.25) is 11.6 Å². The van der Waals surface area contributed by atoms with Crippen molar-refractivity contribution in [2.75, 3.05) is 43.0 Å². The molecule has 4 aromatic rings. The molecule has 1 N–H and O–H groups in total. The van der Waals surface area contributed by atoms with E-state index in [1.54, 1.807) is 0 Å². The summed E-state index contributed by atoms with van der Waals surface area (Å²) in [7, 11) is 0. The molecule has 1 aliphatic heterocycles. The van der Waals surface area contributed by atoms with Gasteiger partial charge in [0.25, 0.3) is 0 Å². The summed E-state index contributed by atoms with van der Waals surface area (Å²) >= 11 is 0. The lowest BCUT2D eigenvalue weighted by atomic mass is 9.96. The van der Waals surface area contributed by atoms with Gasteiger partial charge in [-0.2, -0.15) is 0 Å². The van der Waals surface area contributed by atoms with E-state index in [2.05, 4.69) is 75.6 Å². The molecule has 1 saturated heterocycles. The molecule has 0 radical (unpaired) electrons. The first-order valence-electron chi connectivity index (χ1n) is 13.7. The van der Waals surface area contributed by atoms with Crippen molar-refractivity contribution < 1.29 is 9.66 Å². The Balaban J connectivity index is 1.32. The number of nitrogens with one attached hydrogen (secondary N) is 1. The maximum atomic E-state index is 12.2. The third kappa shape index (κ3) is 6.38. The summed E-state index contributed by atoms with van der Waals surface area (Å²) in [6.45, 7) is 5.46. The number of aromatic nitrogens is 2. The van der Waals surface area contributed by atoms with Crippen LogP contribution in [0.15, 0.2) is 91.3 Å². The summed E-state index contributed by atoms with van der Waals surface area (Å²) in [4.78, 5) is 24.8. The Bertz CT molecular complexity index is 1340. The molecule has 40 heavy (non-hydrogen) atoms. The fourth-order valence-corrected chi connectivity index (χ4v) is 5.04. The Morgan fingerprint density at radius 2 is 1.52 bits per heavy atom. The third-order valence-corrected chi connectivity index (χ3v) is 7.08. The van der Waals surface area contributed by atoms with Gasteiger partial charge in [-0.3, -0.25) is 15.0 Å². The summed E-state index contributed by atoms with van der Waals surface area (Å²) < 4.78 is 5.72. The average Bonchev–Trinajstić information content (AvgIpc) is 3.00. The maximum Gasteiger partial charge on any atom is 0.353 e. The molecule has 2 heterocycles. The molecule has 9 nitrogen and oxygen atoms in total. The Hall–Kier alpha value is -4.50.